The third kappa shape index (κ3) is 3.20. The van der Waals surface area contributed by atoms with Gasteiger partial charge in [0.05, 0.1) is 21.8 Å². The van der Waals surface area contributed by atoms with E-state index in [2.05, 4.69) is 9.97 Å². The number of hydrogen-bond donors (Lipinski definition) is 1. The number of aryl methyl sites for hydroxylation is 1. The maximum absolute atomic E-state index is 13.2. The van der Waals surface area contributed by atoms with Gasteiger partial charge in [0.25, 0.3) is 5.91 Å². The van der Waals surface area contributed by atoms with E-state index >= 15 is 0 Å². The first-order chi connectivity index (χ1) is 14.9. The van der Waals surface area contributed by atoms with E-state index < -0.39 is 23.5 Å². The summed E-state index contributed by atoms with van der Waals surface area (Å²) in [5.74, 6) is -1.33. The molecule has 5 rings (SSSR count). The number of halogens is 1. The van der Waals surface area contributed by atoms with E-state index in [-0.39, 0.29) is 11.3 Å². The minimum atomic E-state index is -0.907. The molecule has 31 heavy (non-hydrogen) atoms. The van der Waals surface area contributed by atoms with Crippen molar-refractivity contribution in [2.45, 2.75) is 13.0 Å². The summed E-state index contributed by atoms with van der Waals surface area (Å²) in [7, 11) is 0. The van der Waals surface area contributed by atoms with Crippen LogP contribution in [0, 0.1) is 6.92 Å². The Morgan fingerprint density at radius 2 is 2.10 bits per heavy atom. The minimum absolute atomic E-state index is 0.0404. The number of carbonyl (C=O) groups excluding carboxylic acids is 2. The van der Waals surface area contributed by atoms with Crippen molar-refractivity contribution in [2.75, 3.05) is 4.90 Å². The summed E-state index contributed by atoms with van der Waals surface area (Å²) in [5.41, 5.74) is 1.14. The van der Waals surface area contributed by atoms with Crippen LogP contribution in [0.1, 0.15) is 27.9 Å². The van der Waals surface area contributed by atoms with E-state index in [4.69, 9.17) is 16.0 Å². The molecule has 4 aromatic rings. The second-order valence-electron chi connectivity index (χ2n) is 6.97. The Morgan fingerprint density at radius 3 is 2.81 bits per heavy atom. The van der Waals surface area contributed by atoms with Gasteiger partial charge < -0.3 is 9.52 Å². The highest BCUT2D eigenvalue weighted by Gasteiger charge is 2.46. The van der Waals surface area contributed by atoms with Crippen LogP contribution in [0.5, 0.6) is 0 Å². The van der Waals surface area contributed by atoms with Gasteiger partial charge in [-0.1, -0.05) is 29.0 Å². The van der Waals surface area contributed by atoms with Crippen molar-refractivity contribution in [2.24, 2.45) is 0 Å². The number of amides is 1. The summed E-state index contributed by atoms with van der Waals surface area (Å²) in [6, 6.07) is 10.9. The summed E-state index contributed by atoms with van der Waals surface area (Å²) >= 11 is 7.33. The maximum Gasteiger partial charge on any atom is 0.296 e. The van der Waals surface area contributed by atoms with E-state index in [0.717, 1.165) is 4.70 Å². The average molecular weight is 452 g/mol. The lowest BCUT2D eigenvalue weighted by Crippen LogP contribution is -2.31. The number of thiazole rings is 1. The Balaban J connectivity index is 1.67. The van der Waals surface area contributed by atoms with Crippen molar-refractivity contribution in [3.63, 3.8) is 0 Å². The lowest BCUT2D eigenvalue weighted by molar-refractivity contribution is -0.117. The van der Waals surface area contributed by atoms with Gasteiger partial charge in [-0.2, -0.15) is 0 Å². The highest BCUT2D eigenvalue weighted by molar-refractivity contribution is 7.22. The van der Waals surface area contributed by atoms with Crippen LogP contribution >= 0.6 is 22.9 Å². The number of pyridine rings is 1. The maximum atomic E-state index is 13.2. The zero-order chi connectivity index (χ0) is 21.7. The van der Waals surface area contributed by atoms with Gasteiger partial charge in [0.2, 0.25) is 5.78 Å². The number of aliphatic hydroxyl groups excluding tert-OH is 1. The zero-order valence-electron chi connectivity index (χ0n) is 16.1. The fraction of sp³-hybridized carbons (Fsp3) is 0.0909. The van der Waals surface area contributed by atoms with Crippen molar-refractivity contribution >= 4 is 50.0 Å². The smallest absolute Gasteiger partial charge is 0.296 e. The molecule has 0 bridgehead atoms. The molecule has 0 aliphatic carbocycles. The van der Waals surface area contributed by atoms with Crippen molar-refractivity contribution < 1.29 is 19.1 Å². The number of fused-ring (bicyclic) bond motifs is 1. The normalized spacial score (nSPS) is 16.5. The van der Waals surface area contributed by atoms with Gasteiger partial charge in [-0.3, -0.25) is 19.5 Å². The largest absolute Gasteiger partial charge is 0.503 e. The molecule has 0 radical (unpaired) electrons. The Labute approximate surface area is 185 Å². The van der Waals surface area contributed by atoms with Crippen molar-refractivity contribution in [1.82, 2.24) is 9.97 Å². The first kappa shape index (κ1) is 19.5. The monoisotopic (exact) mass is 451 g/mol. The summed E-state index contributed by atoms with van der Waals surface area (Å²) < 4.78 is 6.24. The second kappa shape index (κ2) is 7.33. The van der Waals surface area contributed by atoms with Gasteiger partial charge in [0, 0.05) is 17.4 Å². The van der Waals surface area contributed by atoms with E-state index in [9.17, 15) is 14.7 Å². The quantitative estimate of drug-likeness (QED) is 0.437. The molecule has 0 saturated heterocycles. The number of aliphatic hydroxyl groups is 1. The number of anilines is 1. The van der Waals surface area contributed by atoms with Crippen LogP contribution in [0.2, 0.25) is 5.02 Å². The van der Waals surface area contributed by atoms with Crippen LogP contribution in [0.3, 0.4) is 0 Å². The fourth-order valence-electron chi connectivity index (χ4n) is 3.57. The summed E-state index contributed by atoms with van der Waals surface area (Å²) in [6.45, 7) is 1.71. The van der Waals surface area contributed by atoms with Gasteiger partial charge >= 0.3 is 0 Å². The highest BCUT2D eigenvalue weighted by Crippen LogP contribution is 2.44. The Hall–Kier alpha value is -3.49. The molecule has 154 valence electrons. The molecule has 1 aliphatic heterocycles. The molecule has 1 amide bonds. The predicted octanol–water partition coefficient (Wildman–Crippen LogP) is 5.03. The Bertz CT molecular complexity index is 1380. The van der Waals surface area contributed by atoms with Crippen LogP contribution in [0.25, 0.3) is 10.2 Å². The van der Waals surface area contributed by atoms with Crippen molar-refractivity contribution in [3.8, 4) is 0 Å². The molecule has 1 atom stereocenters. The van der Waals surface area contributed by atoms with E-state index in [1.807, 2.05) is 0 Å². The second-order valence-corrected chi connectivity index (χ2v) is 8.42. The molecule has 1 N–H and O–H groups in total. The van der Waals surface area contributed by atoms with Crippen LogP contribution in [-0.2, 0) is 4.79 Å². The van der Waals surface area contributed by atoms with Gasteiger partial charge in [0.1, 0.15) is 5.76 Å². The Kier molecular flexibility index (Phi) is 4.60. The van der Waals surface area contributed by atoms with E-state index in [1.54, 1.807) is 55.7 Å². The standard InChI is InChI=1S/C22H14ClN3O4S/c1-11-4-7-15(30-11)19(27)17-18(12-3-2-8-24-10-12)26(21(29)20(17)28)22-25-14-6-5-13(23)9-16(14)31-22/h2-10,18,28H,1H3. The van der Waals surface area contributed by atoms with Gasteiger partial charge in [-0.05, 0) is 48.9 Å². The minimum Gasteiger partial charge on any atom is -0.503 e. The van der Waals surface area contributed by atoms with E-state index in [1.165, 1.54) is 22.3 Å². The number of rotatable bonds is 4. The number of carbonyl (C=O) groups is 2. The molecule has 0 saturated carbocycles. The molecular weight excluding hydrogens is 438 g/mol. The summed E-state index contributed by atoms with van der Waals surface area (Å²) in [4.78, 5) is 36.4. The lowest BCUT2D eigenvalue weighted by Gasteiger charge is -2.23. The van der Waals surface area contributed by atoms with Crippen LogP contribution in [-0.4, -0.2) is 26.8 Å². The van der Waals surface area contributed by atoms with Gasteiger partial charge in [0.15, 0.2) is 16.7 Å². The first-order valence-corrected chi connectivity index (χ1v) is 10.5. The number of furan rings is 1. The Morgan fingerprint density at radius 1 is 1.26 bits per heavy atom. The topological polar surface area (TPSA) is 96.5 Å². The SMILES string of the molecule is Cc1ccc(C(=O)C2=C(O)C(=O)N(c3nc4ccc(Cl)cc4s3)C2c2cccnc2)o1. The van der Waals surface area contributed by atoms with Crippen LogP contribution < -0.4 is 4.90 Å². The lowest BCUT2D eigenvalue weighted by atomic mass is 9.96. The molecule has 1 unspecified atom stereocenters. The molecule has 7 nitrogen and oxygen atoms in total. The number of benzene rings is 1. The highest BCUT2D eigenvalue weighted by atomic mass is 35.5. The zero-order valence-corrected chi connectivity index (χ0v) is 17.6. The van der Waals surface area contributed by atoms with Crippen LogP contribution in [0.4, 0.5) is 5.13 Å². The number of nitrogens with zero attached hydrogens (tertiary/aromatic N) is 3. The van der Waals surface area contributed by atoms with Crippen LogP contribution in [0.15, 0.2) is 70.6 Å². The van der Waals surface area contributed by atoms with Crippen molar-refractivity contribution in [1.29, 1.82) is 0 Å². The molecule has 1 aromatic carbocycles. The third-order valence-electron chi connectivity index (χ3n) is 4.96. The number of aromatic nitrogens is 2. The summed E-state index contributed by atoms with van der Waals surface area (Å²) in [6.07, 6.45) is 3.14. The third-order valence-corrected chi connectivity index (χ3v) is 6.21. The molecule has 3 aromatic heterocycles. The summed E-state index contributed by atoms with van der Waals surface area (Å²) in [5, 5.41) is 11.6. The van der Waals surface area contributed by atoms with E-state index in [0.29, 0.717) is 27.0 Å². The molecule has 0 fully saturated rings. The van der Waals surface area contributed by atoms with Gasteiger partial charge in [-0.15, -0.1) is 0 Å². The average Bonchev–Trinajstić information content (AvgIpc) is 3.44. The number of Topliss-reactive ketones (excluding diaryl/α,β-unsaturated/α-hetero) is 1. The molecule has 4 heterocycles. The van der Waals surface area contributed by atoms with Crippen molar-refractivity contribution in [3.05, 3.63) is 88.3 Å². The molecule has 1 aliphatic rings. The predicted molar refractivity (Wildman–Crippen MR) is 117 cm³/mol. The first-order valence-electron chi connectivity index (χ1n) is 9.28. The molecule has 9 heteroatoms. The van der Waals surface area contributed by atoms with Gasteiger partial charge in [-0.25, -0.2) is 4.98 Å². The number of hydrogen-bond acceptors (Lipinski definition) is 7. The molecular formula is C22H14ClN3O4S. The fourth-order valence-corrected chi connectivity index (χ4v) is 4.83. The molecule has 0 spiro atoms. The number of ketones is 1.